The standard InChI is InChI=1S/C15H17FN4O5S3/c1-9(20(28(3,23)24)11-6-4-10(16)5-7-11)13(22)17-14-18-19-15(27-14)26-8-12(21)25-2/h4-7,9H,8H2,1-3H3,(H,17,18,22)/t9-/m0/s1. The molecular formula is C15H17FN4O5S3. The van der Waals surface area contributed by atoms with Gasteiger partial charge in [-0.05, 0) is 31.2 Å². The summed E-state index contributed by atoms with van der Waals surface area (Å²) in [5, 5.41) is 10.3. The maximum atomic E-state index is 13.1. The summed E-state index contributed by atoms with van der Waals surface area (Å²) in [5.41, 5.74) is 0.151. The molecule has 0 saturated heterocycles. The van der Waals surface area contributed by atoms with Gasteiger partial charge in [0.15, 0.2) is 4.34 Å². The van der Waals surface area contributed by atoms with Crippen LogP contribution in [0.2, 0.25) is 0 Å². The molecule has 0 unspecified atom stereocenters. The van der Waals surface area contributed by atoms with E-state index in [-0.39, 0.29) is 16.6 Å². The second-order valence-electron chi connectivity index (χ2n) is 5.44. The molecule has 9 nitrogen and oxygen atoms in total. The van der Waals surface area contributed by atoms with Crippen molar-refractivity contribution in [2.45, 2.75) is 17.3 Å². The lowest BCUT2D eigenvalue weighted by Gasteiger charge is -2.27. The second kappa shape index (κ2) is 9.30. The van der Waals surface area contributed by atoms with Crippen molar-refractivity contribution in [1.29, 1.82) is 0 Å². The number of esters is 1. The van der Waals surface area contributed by atoms with Crippen molar-refractivity contribution >= 4 is 55.8 Å². The van der Waals surface area contributed by atoms with Crippen LogP contribution in [0, 0.1) is 5.82 Å². The van der Waals surface area contributed by atoms with Crippen molar-refractivity contribution in [2.24, 2.45) is 0 Å². The van der Waals surface area contributed by atoms with Crippen LogP contribution < -0.4 is 9.62 Å². The van der Waals surface area contributed by atoms with Gasteiger partial charge in [-0.15, -0.1) is 10.2 Å². The van der Waals surface area contributed by atoms with Crippen LogP contribution in [0.25, 0.3) is 0 Å². The van der Waals surface area contributed by atoms with E-state index in [0.717, 1.165) is 45.8 Å². The molecule has 1 aromatic carbocycles. The number of nitrogens with one attached hydrogen (secondary N) is 1. The molecule has 28 heavy (non-hydrogen) atoms. The Bertz CT molecular complexity index is 949. The predicted octanol–water partition coefficient (Wildman–Crippen LogP) is 1.74. The van der Waals surface area contributed by atoms with Gasteiger partial charge in [-0.3, -0.25) is 19.2 Å². The number of hydrogen-bond donors (Lipinski definition) is 1. The third-order valence-electron chi connectivity index (χ3n) is 3.35. The van der Waals surface area contributed by atoms with Crippen LogP contribution in [0.15, 0.2) is 28.6 Å². The van der Waals surface area contributed by atoms with Crippen LogP contribution in [0.3, 0.4) is 0 Å². The molecule has 0 fully saturated rings. The third kappa shape index (κ3) is 5.87. The fourth-order valence-corrected chi connectivity index (χ4v) is 4.87. The van der Waals surface area contributed by atoms with E-state index in [9.17, 15) is 22.4 Å². The summed E-state index contributed by atoms with van der Waals surface area (Å²) in [5.74, 6) is -1.56. The number of methoxy groups -OCH3 is 1. The van der Waals surface area contributed by atoms with E-state index in [1.165, 1.54) is 26.2 Å². The molecule has 1 aromatic heterocycles. The Balaban J connectivity index is 2.12. The van der Waals surface area contributed by atoms with E-state index in [1.54, 1.807) is 0 Å². The number of hydrogen-bond acceptors (Lipinski definition) is 9. The highest BCUT2D eigenvalue weighted by atomic mass is 32.2. The molecule has 1 heterocycles. The summed E-state index contributed by atoms with van der Waals surface area (Å²) in [6, 6.07) is 3.62. The number of amides is 1. The van der Waals surface area contributed by atoms with E-state index in [4.69, 9.17) is 0 Å². The van der Waals surface area contributed by atoms with Crippen LogP contribution in [0.1, 0.15) is 6.92 Å². The fourth-order valence-electron chi connectivity index (χ4n) is 2.10. The van der Waals surface area contributed by atoms with Gasteiger partial charge in [0, 0.05) is 0 Å². The van der Waals surface area contributed by atoms with Crippen LogP contribution >= 0.6 is 23.1 Å². The Kier molecular flexibility index (Phi) is 7.32. The summed E-state index contributed by atoms with van der Waals surface area (Å²) < 4.78 is 43.3. The molecule has 2 aromatic rings. The third-order valence-corrected chi connectivity index (χ3v) is 6.53. The Morgan fingerprint density at radius 1 is 1.32 bits per heavy atom. The summed E-state index contributed by atoms with van der Waals surface area (Å²) >= 11 is 2.13. The Labute approximate surface area is 169 Å². The van der Waals surface area contributed by atoms with Crippen LogP contribution in [-0.2, 0) is 24.3 Å². The van der Waals surface area contributed by atoms with Crippen LogP contribution in [-0.4, -0.2) is 55.7 Å². The van der Waals surface area contributed by atoms with Gasteiger partial charge >= 0.3 is 5.97 Å². The molecule has 152 valence electrons. The van der Waals surface area contributed by atoms with Crippen LogP contribution in [0.4, 0.5) is 15.2 Å². The fraction of sp³-hybridized carbons (Fsp3) is 0.333. The number of ether oxygens (including phenoxy) is 1. The second-order valence-corrected chi connectivity index (χ2v) is 9.50. The number of anilines is 2. The van der Waals surface area contributed by atoms with Crippen molar-refractivity contribution < 1.29 is 27.1 Å². The molecule has 1 atom stereocenters. The molecule has 0 bridgehead atoms. The summed E-state index contributed by atoms with van der Waals surface area (Å²) in [6.07, 6.45) is 0.951. The molecule has 0 radical (unpaired) electrons. The number of benzene rings is 1. The van der Waals surface area contributed by atoms with E-state index in [1.807, 2.05) is 0 Å². The summed E-state index contributed by atoms with van der Waals surface area (Å²) in [4.78, 5) is 23.7. The SMILES string of the molecule is COC(=O)CSc1nnc(NC(=O)[C@H](C)N(c2ccc(F)cc2)S(C)(=O)=O)s1. The lowest BCUT2D eigenvalue weighted by Crippen LogP contribution is -2.45. The molecule has 0 aliphatic rings. The number of aromatic nitrogens is 2. The number of carbonyl (C=O) groups excluding carboxylic acids is 2. The molecule has 0 saturated carbocycles. The number of sulfonamides is 1. The maximum absolute atomic E-state index is 13.1. The topological polar surface area (TPSA) is 119 Å². The van der Waals surface area contributed by atoms with E-state index >= 15 is 0 Å². The van der Waals surface area contributed by atoms with E-state index in [0.29, 0.717) is 4.34 Å². The first-order valence-corrected chi connectivity index (χ1v) is 11.4. The van der Waals surface area contributed by atoms with Gasteiger partial charge in [-0.2, -0.15) is 0 Å². The zero-order chi connectivity index (χ0) is 20.9. The van der Waals surface area contributed by atoms with Crippen molar-refractivity contribution in [2.75, 3.05) is 28.7 Å². The number of nitrogens with zero attached hydrogens (tertiary/aromatic N) is 3. The summed E-state index contributed by atoms with van der Waals surface area (Å²) in [6.45, 7) is 1.40. The monoisotopic (exact) mass is 448 g/mol. The molecule has 2 rings (SSSR count). The van der Waals surface area contributed by atoms with Gasteiger partial charge in [-0.1, -0.05) is 23.1 Å². The first-order valence-electron chi connectivity index (χ1n) is 7.70. The average Bonchev–Trinajstić information content (AvgIpc) is 3.07. The minimum Gasteiger partial charge on any atom is -0.468 e. The lowest BCUT2D eigenvalue weighted by molar-refractivity contribution is -0.137. The first kappa shape index (κ1) is 22.0. The number of halogens is 1. The zero-order valence-corrected chi connectivity index (χ0v) is 17.5. The first-order chi connectivity index (χ1) is 13.1. The van der Waals surface area contributed by atoms with Crippen LogP contribution in [0.5, 0.6) is 0 Å². The quantitative estimate of drug-likeness (QED) is 0.368. The molecule has 0 aliphatic heterocycles. The smallest absolute Gasteiger partial charge is 0.316 e. The highest BCUT2D eigenvalue weighted by Gasteiger charge is 2.29. The molecule has 0 aliphatic carbocycles. The predicted molar refractivity (Wildman–Crippen MR) is 104 cm³/mol. The Hall–Kier alpha value is -2.25. The maximum Gasteiger partial charge on any atom is 0.316 e. The summed E-state index contributed by atoms with van der Waals surface area (Å²) in [7, 11) is -2.55. The average molecular weight is 449 g/mol. The highest BCUT2D eigenvalue weighted by molar-refractivity contribution is 8.01. The molecule has 1 N–H and O–H groups in total. The van der Waals surface area contributed by atoms with E-state index < -0.39 is 33.8 Å². The van der Waals surface area contributed by atoms with Gasteiger partial charge in [0.1, 0.15) is 11.9 Å². The number of thioether (sulfide) groups is 1. The van der Waals surface area contributed by atoms with Gasteiger partial charge in [0.05, 0.1) is 24.8 Å². The van der Waals surface area contributed by atoms with Crippen molar-refractivity contribution in [3.63, 3.8) is 0 Å². The minimum absolute atomic E-state index is 0.0436. The van der Waals surface area contributed by atoms with Crippen molar-refractivity contribution in [3.05, 3.63) is 30.1 Å². The molecule has 0 spiro atoms. The Morgan fingerprint density at radius 3 is 2.54 bits per heavy atom. The van der Waals surface area contributed by atoms with Crippen molar-refractivity contribution in [3.8, 4) is 0 Å². The highest BCUT2D eigenvalue weighted by Crippen LogP contribution is 2.26. The van der Waals surface area contributed by atoms with Gasteiger partial charge in [0.25, 0.3) is 0 Å². The lowest BCUT2D eigenvalue weighted by atomic mass is 10.2. The number of carbonyl (C=O) groups is 2. The van der Waals surface area contributed by atoms with Gasteiger partial charge < -0.3 is 4.74 Å². The molecular weight excluding hydrogens is 431 g/mol. The zero-order valence-electron chi connectivity index (χ0n) is 15.1. The molecule has 13 heteroatoms. The normalized spacial score (nSPS) is 12.3. The van der Waals surface area contributed by atoms with E-state index in [2.05, 4.69) is 20.3 Å². The molecule has 1 amide bonds. The van der Waals surface area contributed by atoms with Gasteiger partial charge in [0.2, 0.25) is 21.1 Å². The van der Waals surface area contributed by atoms with Gasteiger partial charge in [-0.25, -0.2) is 12.8 Å². The van der Waals surface area contributed by atoms with Crippen molar-refractivity contribution in [1.82, 2.24) is 10.2 Å². The minimum atomic E-state index is -3.82. The Morgan fingerprint density at radius 2 is 1.96 bits per heavy atom. The number of rotatable bonds is 8. The largest absolute Gasteiger partial charge is 0.468 e.